The quantitative estimate of drug-likeness (QED) is 0.556. The van der Waals surface area contributed by atoms with Crippen molar-refractivity contribution in [1.29, 1.82) is 0 Å². The predicted molar refractivity (Wildman–Crippen MR) is 104 cm³/mol. The van der Waals surface area contributed by atoms with E-state index in [2.05, 4.69) is 35.9 Å². The number of rotatable bonds is 8. The molecule has 2 aromatic rings. The number of nitrogens with one attached hydrogen (secondary N) is 1. The van der Waals surface area contributed by atoms with Gasteiger partial charge in [0.15, 0.2) is 11.0 Å². The van der Waals surface area contributed by atoms with E-state index in [0.717, 1.165) is 11.4 Å². The van der Waals surface area contributed by atoms with E-state index < -0.39 is 0 Å². The molecule has 1 amide bonds. The second kappa shape index (κ2) is 9.06. The first-order chi connectivity index (χ1) is 11.9. The van der Waals surface area contributed by atoms with Crippen molar-refractivity contribution in [2.45, 2.75) is 37.7 Å². The summed E-state index contributed by atoms with van der Waals surface area (Å²) in [6.45, 7) is 11.0. The Balaban J connectivity index is 2.19. The van der Waals surface area contributed by atoms with E-state index in [1.807, 2.05) is 35.8 Å². The zero-order chi connectivity index (χ0) is 18.4. The van der Waals surface area contributed by atoms with Crippen molar-refractivity contribution < 1.29 is 4.79 Å². The summed E-state index contributed by atoms with van der Waals surface area (Å²) >= 11 is 7.35. The molecule has 1 N–H and O–H groups in total. The maximum absolute atomic E-state index is 12.2. The van der Waals surface area contributed by atoms with Crippen LogP contribution >= 0.6 is 23.4 Å². The van der Waals surface area contributed by atoms with Crippen molar-refractivity contribution in [3.63, 3.8) is 0 Å². The molecule has 0 radical (unpaired) electrons. The van der Waals surface area contributed by atoms with Crippen molar-refractivity contribution in [2.75, 3.05) is 6.54 Å². The Morgan fingerprint density at radius 1 is 1.32 bits per heavy atom. The monoisotopic (exact) mass is 378 g/mol. The number of hydrogen-bond acceptors (Lipinski definition) is 4. The first-order valence-electron chi connectivity index (χ1n) is 8.16. The molecular formula is C18H23ClN4OS. The number of amides is 1. The van der Waals surface area contributed by atoms with Crippen LogP contribution in [0.3, 0.4) is 0 Å². The standard InChI is InChI=1S/C18H23ClN4OS/c1-5-10-23-16(14-6-8-15(19)9-7-14)21-22-18(23)25-13(4)17(24)20-11-12(2)3/h5-9,12-13H,1,10-11H2,2-4H3,(H,20,24). The van der Waals surface area contributed by atoms with Gasteiger partial charge in [0.05, 0.1) is 5.25 Å². The lowest BCUT2D eigenvalue weighted by atomic mass is 10.2. The molecule has 1 unspecified atom stereocenters. The van der Waals surface area contributed by atoms with Gasteiger partial charge in [0.2, 0.25) is 5.91 Å². The van der Waals surface area contributed by atoms with Gasteiger partial charge < -0.3 is 5.32 Å². The van der Waals surface area contributed by atoms with E-state index in [-0.39, 0.29) is 11.2 Å². The van der Waals surface area contributed by atoms with Gasteiger partial charge in [-0.1, -0.05) is 43.3 Å². The number of hydrogen-bond donors (Lipinski definition) is 1. The molecule has 0 spiro atoms. The normalized spacial score (nSPS) is 12.2. The molecule has 2 rings (SSSR count). The van der Waals surface area contributed by atoms with Gasteiger partial charge in [0.25, 0.3) is 0 Å². The maximum Gasteiger partial charge on any atom is 0.233 e. The molecule has 1 aromatic carbocycles. The van der Waals surface area contributed by atoms with Crippen molar-refractivity contribution in [1.82, 2.24) is 20.1 Å². The fourth-order valence-electron chi connectivity index (χ4n) is 2.14. The molecule has 0 bridgehead atoms. The Morgan fingerprint density at radius 3 is 2.60 bits per heavy atom. The number of halogens is 1. The first-order valence-corrected chi connectivity index (χ1v) is 9.42. The van der Waals surface area contributed by atoms with Crippen molar-refractivity contribution >= 4 is 29.3 Å². The minimum absolute atomic E-state index is 0.0000963. The van der Waals surface area contributed by atoms with Crippen LogP contribution < -0.4 is 5.32 Å². The number of carbonyl (C=O) groups is 1. The molecule has 0 aliphatic rings. The lowest BCUT2D eigenvalue weighted by Gasteiger charge is -2.14. The van der Waals surface area contributed by atoms with E-state index in [1.165, 1.54) is 11.8 Å². The topological polar surface area (TPSA) is 59.8 Å². The van der Waals surface area contributed by atoms with Crippen LogP contribution in [0.2, 0.25) is 5.02 Å². The van der Waals surface area contributed by atoms with E-state index in [9.17, 15) is 4.79 Å². The van der Waals surface area contributed by atoms with Crippen molar-refractivity contribution in [3.8, 4) is 11.4 Å². The third-order valence-electron chi connectivity index (χ3n) is 3.47. The average Bonchev–Trinajstić information content (AvgIpc) is 2.96. The lowest BCUT2D eigenvalue weighted by molar-refractivity contribution is -0.120. The molecule has 1 aromatic heterocycles. The molecule has 0 aliphatic carbocycles. The zero-order valence-corrected chi connectivity index (χ0v) is 16.3. The van der Waals surface area contributed by atoms with Crippen LogP contribution in [-0.4, -0.2) is 32.5 Å². The maximum atomic E-state index is 12.2. The fraction of sp³-hybridized carbons (Fsp3) is 0.389. The van der Waals surface area contributed by atoms with Crippen LogP contribution in [0.5, 0.6) is 0 Å². The van der Waals surface area contributed by atoms with E-state index in [4.69, 9.17) is 11.6 Å². The van der Waals surface area contributed by atoms with Gasteiger partial charge in [0.1, 0.15) is 0 Å². The van der Waals surface area contributed by atoms with Gasteiger partial charge in [-0.2, -0.15) is 0 Å². The molecule has 7 heteroatoms. The molecule has 25 heavy (non-hydrogen) atoms. The Bertz CT molecular complexity index is 727. The number of thioether (sulfide) groups is 1. The number of nitrogens with zero attached hydrogens (tertiary/aromatic N) is 3. The zero-order valence-electron chi connectivity index (χ0n) is 14.7. The molecule has 5 nitrogen and oxygen atoms in total. The fourth-order valence-corrected chi connectivity index (χ4v) is 3.15. The second-order valence-corrected chi connectivity index (χ2v) is 7.86. The van der Waals surface area contributed by atoms with Crippen LogP contribution in [0.4, 0.5) is 0 Å². The Labute approximate surface area is 157 Å². The number of benzene rings is 1. The molecule has 0 fully saturated rings. The summed E-state index contributed by atoms with van der Waals surface area (Å²) in [5.41, 5.74) is 0.919. The van der Waals surface area contributed by atoms with Crippen molar-refractivity contribution in [3.05, 3.63) is 41.9 Å². The first kappa shape index (κ1) is 19.5. The summed E-state index contributed by atoms with van der Waals surface area (Å²) < 4.78 is 1.95. The van der Waals surface area contributed by atoms with Gasteiger partial charge in [0, 0.05) is 23.7 Å². The number of carbonyl (C=O) groups excluding carboxylic acids is 1. The van der Waals surface area contributed by atoms with E-state index >= 15 is 0 Å². The summed E-state index contributed by atoms with van der Waals surface area (Å²) in [5, 5.41) is 12.6. The minimum Gasteiger partial charge on any atom is -0.355 e. The van der Waals surface area contributed by atoms with E-state index in [1.54, 1.807) is 6.08 Å². The second-order valence-electron chi connectivity index (χ2n) is 6.11. The van der Waals surface area contributed by atoms with Crippen LogP contribution in [0.25, 0.3) is 11.4 Å². The van der Waals surface area contributed by atoms with Gasteiger partial charge in [-0.25, -0.2) is 0 Å². The molecular weight excluding hydrogens is 356 g/mol. The summed E-state index contributed by atoms with van der Waals surface area (Å²) in [6.07, 6.45) is 1.79. The SMILES string of the molecule is C=CCn1c(SC(C)C(=O)NCC(C)C)nnc1-c1ccc(Cl)cc1. The molecule has 1 atom stereocenters. The Hall–Kier alpha value is -1.79. The highest BCUT2D eigenvalue weighted by molar-refractivity contribution is 8.00. The smallest absolute Gasteiger partial charge is 0.233 e. The molecule has 0 saturated heterocycles. The number of allylic oxidation sites excluding steroid dienone is 1. The summed E-state index contributed by atoms with van der Waals surface area (Å²) in [4.78, 5) is 12.2. The Morgan fingerprint density at radius 2 is 2.00 bits per heavy atom. The van der Waals surface area contributed by atoms with Crippen molar-refractivity contribution in [2.24, 2.45) is 5.92 Å². The molecule has 1 heterocycles. The van der Waals surface area contributed by atoms with Crippen LogP contribution in [0.1, 0.15) is 20.8 Å². The molecule has 0 aliphatic heterocycles. The largest absolute Gasteiger partial charge is 0.355 e. The Kier molecular flexibility index (Phi) is 7.08. The van der Waals surface area contributed by atoms with Gasteiger partial charge in [-0.05, 0) is 37.1 Å². The highest BCUT2D eigenvalue weighted by Crippen LogP contribution is 2.27. The molecule has 134 valence electrons. The van der Waals surface area contributed by atoms with E-state index in [0.29, 0.717) is 29.2 Å². The van der Waals surface area contributed by atoms with Gasteiger partial charge in [-0.3, -0.25) is 9.36 Å². The molecule has 0 saturated carbocycles. The van der Waals surface area contributed by atoms with Crippen LogP contribution in [0, 0.1) is 5.92 Å². The van der Waals surface area contributed by atoms with Crippen LogP contribution in [-0.2, 0) is 11.3 Å². The average molecular weight is 379 g/mol. The summed E-state index contributed by atoms with van der Waals surface area (Å²) in [5.74, 6) is 1.15. The van der Waals surface area contributed by atoms with Crippen LogP contribution in [0.15, 0.2) is 42.1 Å². The third-order valence-corrected chi connectivity index (χ3v) is 4.80. The lowest BCUT2D eigenvalue weighted by Crippen LogP contribution is -2.33. The summed E-state index contributed by atoms with van der Waals surface area (Å²) in [6, 6.07) is 7.44. The minimum atomic E-state index is -0.260. The third kappa shape index (κ3) is 5.34. The highest BCUT2D eigenvalue weighted by Gasteiger charge is 2.20. The predicted octanol–water partition coefficient (Wildman–Crippen LogP) is 4.04. The van der Waals surface area contributed by atoms with Gasteiger partial charge >= 0.3 is 0 Å². The summed E-state index contributed by atoms with van der Waals surface area (Å²) in [7, 11) is 0. The van der Waals surface area contributed by atoms with Gasteiger partial charge in [-0.15, -0.1) is 16.8 Å². The highest BCUT2D eigenvalue weighted by atomic mass is 35.5. The number of aromatic nitrogens is 3.